The molecule has 0 aliphatic heterocycles. The van der Waals surface area contributed by atoms with E-state index in [4.69, 9.17) is 0 Å². The van der Waals surface area contributed by atoms with Crippen LogP contribution in [-0.4, -0.2) is 0 Å². The van der Waals surface area contributed by atoms with Crippen LogP contribution in [0.2, 0.25) is 0 Å². The van der Waals surface area contributed by atoms with Crippen LogP contribution in [0.4, 0.5) is 0 Å². The summed E-state index contributed by atoms with van der Waals surface area (Å²) in [6.07, 6.45) is 5.26. The molecule has 0 amide bonds. The van der Waals surface area contributed by atoms with Crippen LogP contribution in [0, 0.1) is 0 Å². The van der Waals surface area contributed by atoms with Crippen LogP contribution in [0.3, 0.4) is 0 Å². The molecule has 0 aliphatic carbocycles. The lowest BCUT2D eigenvalue weighted by molar-refractivity contribution is 1.01. The molecule has 0 aromatic carbocycles. The van der Waals surface area contributed by atoms with Gasteiger partial charge in [0.15, 0.2) is 0 Å². The van der Waals surface area contributed by atoms with E-state index in [-0.39, 0.29) is 0 Å². The molecule has 0 saturated heterocycles. The lowest BCUT2D eigenvalue weighted by Gasteiger charge is -2.03. The molecule has 0 aliphatic rings. The summed E-state index contributed by atoms with van der Waals surface area (Å²) in [6, 6.07) is 0. The quantitative estimate of drug-likeness (QED) is 0.583. The molecule has 1 heteroatoms. The van der Waals surface area contributed by atoms with Gasteiger partial charge in [0.05, 0.1) is 0 Å². The van der Waals surface area contributed by atoms with Crippen molar-refractivity contribution in [1.82, 2.24) is 5.32 Å². The van der Waals surface area contributed by atoms with E-state index in [0.29, 0.717) is 0 Å². The van der Waals surface area contributed by atoms with E-state index >= 15 is 0 Å². The lowest BCUT2D eigenvalue weighted by atomic mass is 10.4. The average molecular weight is 135 g/mol. The zero-order valence-corrected chi connectivity index (χ0v) is 6.35. The van der Waals surface area contributed by atoms with Gasteiger partial charge in [0.1, 0.15) is 0 Å². The van der Waals surface area contributed by atoms with Gasteiger partial charge in [-0.25, -0.2) is 0 Å². The van der Waals surface area contributed by atoms with E-state index < -0.39 is 0 Å². The molecular weight excluding hydrogens is 122 g/mol. The monoisotopic (exact) mass is 135 g/mol. The van der Waals surface area contributed by atoms with E-state index in [1.54, 1.807) is 12.2 Å². The zero-order chi connectivity index (χ0) is 7.98. The van der Waals surface area contributed by atoms with Crippen LogP contribution in [0.1, 0.15) is 6.92 Å². The fourth-order valence-corrected chi connectivity index (χ4v) is 0.523. The van der Waals surface area contributed by atoms with Crippen LogP contribution in [0.15, 0.2) is 49.4 Å². The fourth-order valence-electron chi connectivity index (χ4n) is 0.523. The molecule has 0 spiro atoms. The summed E-state index contributed by atoms with van der Waals surface area (Å²) in [5.74, 6) is 0. The molecule has 1 nitrogen and oxygen atoms in total. The molecule has 0 radical (unpaired) electrons. The van der Waals surface area contributed by atoms with Gasteiger partial charge >= 0.3 is 0 Å². The van der Waals surface area contributed by atoms with Crippen LogP contribution in [0.25, 0.3) is 0 Å². The molecule has 0 unspecified atom stereocenters. The Labute approximate surface area is 62.5 Å². The predicted octanol–water partition coefficient (Wildman–Crippen LogP) is 2.37. The van der Waals surface area contributed by atoms with Crippen LogP contribution < -0.4 is 5.32 Å². The predicted molar refractivity (Wildman–Crippen MR) is 46.4 cm³/mol. The maximum absolute atomic E-state index is 3.69. The van der Waals surface area contributed by atoms with Gasteiger partial charge in [-0.2, -0.15) is 0 Å². The second-order valence-corrected chi connectivity index (χ2v) is 1.94. The Bertz CT molecular complexity index is 175. The molecule has 1 N–H and O–H groups in total. The smallest absolute Gasteiger partial charge is 0.0302 e. The minimum atomic E-state index is 0.801. The minimum Gasteiger partial charge on any atom is -0.360 e. The van der Waals surface area contributed by atoms with Crippen molar-refractivity contribution in [2.75, 3.05) is 0 Å². The molecule has 0 saturated carbocycles. The first-order valence-corrected chi connectivity index (χ1v) is 3.08. The lowest BCUT2D eigenvalue weighted by Crippen LogP contribution is -2.06. The van der Waals surface area contributed by atoms with E-state index in [2.05, 4.69) is 25.1 Å². The first kappa shape index (κ1) is 8.76. The molecular formula is C9H13N. The Kier molecular flexibility index (Phi) is 4.05. The van der Waals surface area contributed by atoms with Gasteiger partial charge in [-0.05, 0) is 19.1 Å². The van der Waals surface area contributed by atoms with Crippen molar-refractivity contribution in [3.63, 3.8) is 0 Å². The molecule has 0 rings (SSSR count). The number of rotatable bonds is 4. The molecule has 0 fully saturated rings. The number of hydrogen-bond acceptors (Lipinski definition) is 1. The van der Waals surface area contributed by atoms with Gasteiger partial charge in [-0.1, -0.05) is 25.8 Å². The number of allylic oxidation sites excluding steroid dienone is 4. The molecule has 0 atom stereocenters. The third kappa shape index (κ3) is 3.72. The highest BCUT2D eigenvalue weighted by molar-refractivity contribution is 5.17. The third-order valence-electron chi connectivity index (χ3n) is 0.972. The molecule has 10 heavy (non-hydrogen) atoms. The highest BCUT2D eigenvalue weighted by atomic mass is 14.9. The SMILES string of the molecule is C=C/C=C(\C)NC(=C)C=C. The standard InChI is InChI=1S/C9H13N/c1-5-7-9(4)10-8(3)6-2/h5-7,10H,1-3H2,4H3/b9-7+. The third-order valence-corrected chi connectivity index (χ3v) is 0.972. The van der Waals surface area contributed by atoms with Crippen molar-refractivity contribution in [2.45, 2.75) is 6.92 Å². The first-order valence-electron chi connectivity index (χ1n) is 3.08. The van der Waals surface area contributed by atoms with Crippen molar-refractivity contribution >= 4 is 0 Å². The van der Waals surface area contributed by atoms with Gasteiger partial charge in [0, 0.05) is 11.4 Å². The summed E-state index contributed by atoms with van der Waals surface area (Å²) in [6.45, 7) is 12.8. The van der Waals surface area contributed by atoms with Gasteiger partial charge in [0.25, 0.3) is 0 Å². The van der Waals surface area contributed by atoms with Crippen molar-refractivity contribution in [2.24, 2.45) is 0 Å². The fraction of sp³-hybridized carbons (Fsp3) is 0.111. The molecule has 0 bridgehead atoms. The van der Waals surface area contributed by atoms with E-state index in [9.17, 15) is 0 Å². The van der Waals surface area contributed by atoms with Crippen molar-refractivity contribution in [1.29, 1.82) is 0 Å². The Morgan fingerprint density at radius 1 is 1.40 bits per heavy atom. The summed E-state index contributed by atoms with van der Waals surface area (Å²) in [5.41, 5.74) is 1.82. The molecule has 0 heterocycles. The molecule has 54 valence electrons. The topological polar surface area (TPSA) is 12.0 Å². The minimum absolute atomic E-state index is 0.801. The van der Waals surface area contributed by atoms with Crippen LogP contribution >= 0.6 is 0 Å². The highest BCUT2D eigenvalue weighted by Gasteiger charge is 1.84. The van der Waals surface area contributed by atoms with Crippen molar-refractivity contribution < 1.29 is 0 Å². The van der Waals surface area contributed by atoms with Crippen LogP contribution in [-0.2, 0) is 0 Å². The van der Waals surface area contributed by atoms with E-state index in [0.717, 1.165) is 11.4 Å². The Hall–Kier alpha value is -1.24. The van der Waals surface area contributed by atoms with Gasteiger partial charge in [-0.3, -0.25) is 0 Å². The Balaban J connectivity index is 3.89. The molecule has 0 aromatic rings. The molecule has 0 aromatic heterocycles. The van der Waals surface area contributed by atoms with Crippen LogP contribution in [0.5, 0.6) is 0 Å². The summed E-state index contributed by atoms with van der Waals surface area (Å²) < 4.78 is 0. The van der Waals surface area contributed by atoms with E-state index in [1.165, 1.54) is 0 Å². The Morgan fingerprint density at radius 2 is 2.00 bits per heavy atom. The second-order valence-electron chi connectivity index (χ2n) is 1.94. The second kappa shape index (κ2) is 4.62. The summed E-state index contributed by atoms with van der Waals surface area (Å²) in [7, 11) is 0. The number of hydrogen-bond donors (Lipinski definition) is 1. The normalized spacial score (nSPS) is 10.3. The van der Waals surface area contributed by atoms with Crippen molar-refractivity contribution in [3.05, 3.63) is 49.4 Å². The maximum atomic E-state index is 3.69. The van der Waals surface area contributed by atoms with Gasteiger partial charge in [0.2, 0.25) is 0 Å². The van der Waals surface area contributed by atoms with Crippen molar-refractivity contribution in [3.8, 4) is 0 Å². The summed E-state index contributed by atoms with van der Waals surface area (Å²) >= 11 is 0. The summed E-state index contributed by atoms with van der Waals surface area (Å²) in [5, 5.41) is 3.01. The summed E-state index contributed by atoms with van der Waals surface area (Å²) in [4.78, 5) is 0. The Morgan fingerprint density at radius 3 is 2.40 bits per heavy atom. The highest BCUT2D eigenvalue weighted by Crippen LogP contribution is 1.92. The maximum Gasteiger partial charge on any atom is 0.0302 e. The van der Waals surface area contributed by atoms with E-state index in [1.807, 2.05) is 13.0 Å². The van der Waals surface area contributed by atoms with Gasteiger partial charge < -0.3 is 5.32 Å². The average Bonchev–Trinajstić information content (AvgIpc) is 1.88. The largest absolute Gasteiger partial charge is 0.360 e. The number of nitrogens with one attached hydrogen (secondary N) is 1. The zero-order valence-electron chi connectivity index (χ0n) is 6.35. The first-order chi connectivity index (χ1) is 4.70. The van der Waals surface area contributed by atoms with Gasteiger partial charge in [-0.15, -0.1) is 0 Å².